The number of nitrogens with one attached hydrogen (secondary N) is 2. The molecule has 2 aliphatic heterocycles. The molecule has 3 fully saturated rings. The number of hydrogen-bond acceptors (Lipinski definition) is 7. The van der Waals surface area contributed by atoms with E-state index in [1.54, 1.807) is 6.20 Å². The maximum atomic E-state index is 13.3. The molecule has 2 aromatic heterocycles. The number of amides is 1. The lowest BCUT2D eigenvalue weighted by molar-refractivity contribution is -0.0498. The SMILES string of the molecule is CCOc1ncccc1-c1ccc(OC2CC3(CNC3)C2)c(C(=O)NC2CCN(C)C2)n1. The lowest BCUT2D eigenvalue weighted by atomic mass is 9.63. The van der Waals surface area contributed by atoms with Crippen LogP contribution in [-0.4, -0.2) is 72.8 Å². The molecule has 2 N–H and O–H groups in total. The van der Waals surface area contributed by atoms with E-state index in [0.29, 0.717) is 35.0 Å². The smallest absolute Gasteiger partial charge is 0.274 e. The highest BCUT2D eigenvalue weighted by Gasteiger charge is 2.49. The van der Waals surface area contributed by atoms with Gasteiger partial charge < -0.3 is 25.0 Å². The maximum Gasteiger partial charge on any atom is 0.274 e. The highest BCUT2D eigenvalue weighted by atomic mass is 16.5. The quantitative estimate of drug-likeness (QED) is 0.686. The molecule has 1 unspecified atom stereocenters. The summed E-state index contributed by atoms with van der Waals surface area (Å²) in [6, 6.07) is 7.63. The molecule has 2 saturated heterocycles. The lowest BCUT2D eigenvalue weighted by Crippen LogP contribution is -2.62. The first-order valence-electron chi connectivity index (χ1n) is 11.5. The van der Waals surface area contributed by atoms with Gasteiger partial charge in [0.1, 0.15) is 6.10 Å². The Morgan fingerprint density at radius 1 is 1.31 bits per heavy atom. The Morgan fingerprint density at radius 3 is 2.84 bits per heavy atom. The van der Waals surface area contributed by atoms with Gasteiger partial charge in [-0.05, 0) is 64.0 Å². The van der Waals surface area contributed by atoms with Gasteiger partial charge in [0.25, 0.3) is 5.91 Å². The zero-order valence-corrected chi connectivity index (χ0v) is 18.8. The first-order chi connectivity index (χ1) is 15.5. The zero-order chi connectivity index (χ0) is 22.1. The Morgan fingerprint density at radius 2 is 2.16 bits per heavy atom. The third-order valence-corrected chi connectivity index (χ3v) is 6.74. The number of nitrogens with zero attached hydrogens (tertiary/aromatic N) is 3. The second-order valence-electron chi connectivity index (χ2n) is 9.31. The molecule has 4 heterocycles. The van der Waals surface area contributed by atoms with Crippen LogP contribution in [0.25, 0.3) is 11.3 Å². The normalized spacial score (nSPS) is 22.2. The number of aromatic nitrogens is 2. The molecule has 3 aliphatic rings. The predicted octanol–water partition coefficient (Wildman–Crippen LogP) is 2.11. The van der Waals surface area contributed by atoms with Crippen LogP contribution in [0.4, 0.5) is 0 Å². The van der Waals surface area contributed by atoms with Gasteiger partial charge in [-0.1, -0.05) is 0 Å². The minimum absolute atomic E-state index is 0.121. The Hall–Kier alpha value is -2.71. The molecular weight excluding hydrogens is 406 g/mol. The fourth-order valence-corrected chi connectivity index (χ4v) is 4.93. The first kappa shape index (κ1) is 21.2. The molecule has 2 aromatic rings. The topological polar surface area (TPSA) is 88.6 Å². The Bertz CT molecular complexity index is 985. The van der Waals surface area contributed by atoms with Crippen molar-refractivity contribution in [3.63, 3.8) is 0 Å². The number of ether oxygens (including phenoxy) is 2. The van der Waals surface area contributed by atoms with E-state index in [1.165, 1.54) is 0 Å². The molecule has 1 aliphatic carbocycles. The van der Waals surface area contributed by atoms with Gasteiger partial charge in [0.05, 0.1) is 17.9 Å². The van der Waals surface area contributed by atoms with Crippen molar-refractivity contribution in [2.24, 2.45) is 5.41 Å². The average Bonchev–Trinajstić information content (AvgIpc) is 3.14. The molecule has 32 heavy (non-hydrogen) atoms. The molecule has 1 spiro atoms. The van der Waals surface area contributed by atoms with Crippen molar-refractivity contribution in [1.29, 1.82) is 0 Å². The van der Waals surface area contributed by atoms with Crippen LogP contribution in [0, 0.1) is 5.41 Å². The van der Waals surface area contributed by atoms with Crippen LogP contribution < -0.4 is 20.1 Å². The maximum absolute atomic E-state index is 13.3. The van der Waals surface area contributed by atoms with E-state index in [9.17, 15) is 4.79 Å². The van der Waals surface area contributed by atoms with Gasteiger partial charge in [-0.25, -0.2) is 9.97 Å². The second kappa shape index (κ2) is 8.67. The van der Waals surface area contributed by atoms with E-state index in [0.717, 1.165) is 51.0 Å². The van der Waals surface area contributed by atoms with Crippen molar-refractivity contribution < 1.29 is 14.3 Å². The van der Waals surface area contributed by atoms with Crippen LogP contribution in [0.1, 0.15) is 36.7 Å². The largest absolute Gasteiger partial charge is 0.488 e. The van der Waals surface area contributed by atoms with Crippen molar-refractivity contribution in [3.05, 3.63) is 36.2 Å². The van der Waals surface area contributed by atoms with Crippen LogP contribution in [-0.2, 0) is 0 Å². The number of likely N-dealkylation sites (tertiary alicyclic amines) is 1. The summed E-state index contributed by atoms with van der Waals surface area (Å²) in [6.07, 6.45) is 4.80. The lowest BCUT2D eigenvalue weighted by Gasteiger charge is -2.53. The molecule has 1 atom stereocenters. The minimum atomic E-state index is -0.191. The Labute approximate surface area is 188 Å². The van der Waals surface area contributed by atoms with Crippen molar-refractivity contribution >= 4 is 5.91 Å². The first-order valence-corrected chi connectivity index (χ1v) is 11.5. The molecule has 8 heteroatoms. The van der Waals surface area contributed by atoms with Crippen molar-refractivity contribution in [2.45, 2.75) is 38.3 Å². The molecule has 0 aromatic carbocycles. The fourth-order valence-electron chi connectivity index (χ4n) is 4.93. The van der Waals surface area contributed by atoms with Gasteiger partial charge >= 0.3 is 0 Å². The highest BCUT2D eigenvalue weighted by molar-refractivity contribution is 5.96. The summed E-state index contributed by atoms with van der Waals surface area (Å²) in [7, 11) is 2.07. The van der Waals surface area contributed by atoms with Gasteiger partial charge in [0, 0.05) is 37.3 Å². The number of carbonyl (C=O) groups excluding carboxylic acids is 1. The molecule has 8 nitrogen and oxygen atoms in total. The van der Waals surface area contributed by atoms with Crippen LogP contribution in [0.2, 0.25) is 0 Å². The van der Waals surface area contributed by atoms with E-state index in [-0.39, 0.29) is 18.1 Å². The number of rotatable bonds is 7. The van der Waals surface area contributed by atoms with Crippen LogP contribution >= 0.6 is 0 Å². The Kier molecular flexibility index (Phi) is 5.73. The third-order valence-electron chi connectivity index (χ3n) is 6.74. The molecule has 0 radical (unpaired) electrons. The summed E-state index contributed by atoms with van der Waals surface area (Å²) in [5.41, 5.74) is 2.14. The van der Waals surface area contributed by atoms with Gasteiger partial charge in [-0.3, -0.25) is 4.79 Å². The van der Waals surface area contributed by atoms with E-state index < -0.39 is 0 Å². The zero-order valence-electron chi connectivity index (χ0n) is 18.8. The highest BCUT2D eigenvalue weighted by Crippen LogP contribution is 2.46. The van der Waals surface area contributed by atoms with Crippen molar-refractivity contribution in [3.8, 4) is 22.9 Å². The molecule has 1 amide bonds. The summed E-state index contributed by atoms with van der Waals surface area (Å²) in [6.45, 7) is 6.38. The van der Waals surface area contributed by atoms with Gasteiger partial charge in [-0.2, -0.15) is 0 Å². The monoisotopic (exact) mass is 437 g/mol. The number of pyridine rings is 2. The van der Waals surface area contributed by atoms with E-state index in [4.69, 9.17) is 14.5 Å². The summed E-state index contributed by atoms with van der Waals surface area (Å²) in [5.74, 6) is 0.869. The second-order valence-corrected chi connectivity index (χ2v) is 9.31. The van der Waals surface area contributed by atoms with Crippen molar-refractivity contribution in [1.82, 2.24) is 25.5 Å². The third kappa shape index (κ3) is 4.17. The minimum Gasteiger partial charge on any atom is -0.488 e. The van der Waals surface area contributed by atoms with Gasteiger partial charge in [0.2, 0.25) is 5.88 Å². The molecule has 5 rings (SSSR count). The predicted molar refractivity (Wildman–Crippen MR) is 121 cm³/mol. The van der Waals surface area contributed by atoms with Gasteiger partial charge in [0.15, 0.2) is 11.4 Å². The molecule has 1 saturated carbocycles. The standard InChI is InChI=1S/C24H31N5O3/c1-3-31-23-18(5-4-9-26-23)19-6-7-20(32-17-11-24(12-17)14-25-15-24)21(28-19)22(30)27-16-8-10-29(2)13-16/h4-7,9,16-17,25H,3,8,10-15H2,1-2H3,(H,27,30). The fraction of sp³-hybridized carbons (Fsp3) is 0.542. The van der Waals surface area contributed by atoms with E-state index in [1.807, 2.05) is 31.2 Å². The average molecular weight is 438 g/mol. The van der Waals surface area contributed by atoms with Crippen molar-refractivity contribution in [2.75, 3.05) is 39.8 Å². The van der Waals surface area contributed by atoms with Crippen LogP contribution in [0.15, 0.2) is 30.5 Å². The summed E-state index contributed by atoms with van der Waals surface area (Å²) in [4.78, 5) is 24.6. The van der Waals surface area contributed by atoms with Crippen LogP contribution in [0.3, 0.4) is 0 Å². The summed E-state index contributed by atoms with van der Waals surface area (Å²) in [5, 5.41) is 6.50. The molecular formula is C24H31N5O3. The number of hydrogen-bond donors (Lipinski definition) is 2. The summed E-state index contributed by atoms with van der Waals surface area (Å²) >= 11 is 0. The van der Waals surface area contributed by atoms with E-state index in [2.05, 4.69) is 27.6 Å². The number of likely N-dealkylation sites (N-methyl/N-ethyl adjacent to an activating group) is 1. The molecule has 0 bridgehead atoms. The van der Waals surface area contributed by atoms with Crippen LogP contribution in [0.5, 0.6) is 11.6 Å². The molecule has 170 valence electrons. The summed E-state index contributed by atoms with van der Waals surface area (Å²) < 4.78 is 12.0. The van der Waals surface area contributed by atoms with Gasteiger partial charge in [-0.15, -0.1) is 0 Å². The number of carbonyl (C=O) groups is 1. The van der Waals surface area contributed by atoms with E-state index >= 15 is 0 Å². The Balaban J connectivity index is 1.41.